The van der Waals surface area contributed by atoms with Crippen LogP contribution in [0.2, 0.25) is 0 Å². The Morgan fingerprint density at radius 3 is 1.12 bits per heavy atom. The van der Waals surface area contributed by atoms with E-state index in [1.807, 2.05) is 209 Å². The summed E-state index contributed by atoms with van der Waals surface area (Å²) >= 11 is 0. The molecule has 0 aromatic heterocycles. The molecule has 7 aromatic carbocycles. The summed E-state index contributed by atoms with van der Waals surface area (Å²) in [5.74, 6) is 9.72. The minimum atomic E-state index is -0.183. The first-order chi connectivity index (χ1) is 56.8. The van der Waals surface area contributed by atoms with E-state index in [9.17, 15) is 0 Å². The van der Waals surface area contributed by atoms with Crippen LogP contribution < -0.4 is 28.4 Å². The van der Waals surface area contributed by atoms with Crippen LogP contribution in [0, 0.1) is 40.9 Å². The Morgan fingerprint density at radius 2 is 0.733 bits per heavy atom. The van der Waals surface area contributed by atoms with E-state index in [0.29, 0.717) is 42.5 Å². The van der Waals surface area contributed by atoms with Gasteiger partial charge >= 0.3 is 0 Å². The third-order valence-corrected chi connectivity index (χ3v) is 23.9. The van der Waals surface area contributed by atoms with Gasteiger partial charge in [-0.25, -0.2) is 0 Å². The summed E-state index contributed by atoms with van der Waals surface area (Å²) in [4.78, 5) is 0. The fourth-order valence-corrected chi connectivity index (χ4v) is 18.0. The summed E-state index contributed by atoms with van der Waals surface area (Å²) < 4.78 is 70.4. The van der Waals surface area contributed by atoms with Gasteiger partial charge in [0.25, 0.3) is 0 Å². The summed E-state index contributed by atoms with van der Waals surface area (Å²) in [5, 5.41) is 0. The van der Waals surface area contributed by atoms with Crippen LogP contribution in [0.5, 0.6) is 34.5 Å². The molecule has 1 saturated heterocycles. The normalized spacial score (nSPS) is 21.6. The first-order valence-electron chi connectivity index (χ1n) is 43.9. The number of benzene rings is 7. The lowest BCUT2D eigenvalue weighted by Gasteiger charge is -2.56. The van der Waals surface area contributed by atoms with Crippen LogP contribution in [-0.2, 0) is 34.8 Å². The van der Waals surface area contributed by atoms with Crippen molar-refractivity contribution < 1.29 is 56.8 Å². The van der Waals surface area contributed by atoms with Gasteiger partial charge in [0, 0.05) is 37.9 Å². The van der Waals surface area contributed by atoms with E-state index in [0.717, 1.165) is 118 Å². The largest absolute Gasteiger partial charge is 0.465 e. The number of hydrogen-bond acceptors (Lipinski definition) is 12. The standard InChI is InChI=1S/C23H28O2.C21H28O2.C17H24O2.2C15H20O2.C13H16O2/c1-2-19-13-15-22(16-14-19)25-23(21-11-7-4-8-12-21)24-18-17-20-9-5-3-6-10-20;1-3-16-4-6-20(7-5-16)23-15(2)22-14-21-11-17-8-18(12-21)10-19(9-17)13-21;1-3-14-10-12-16(13-11-14)19-17(18-4-2)15-8-6-5-7-9-15;1-3-12-8-10-14(11-9-12)17-15(16-2)13-6-4-5-7-13;1-3-13-8-10-15(11-9-13)17-12(2)16-14-6-4-5-7-14;1-2-11-6-8-12(9-7-11)15-13-5-3-4-10-14-13/h2-3,5-6,9-10,13-16,21,23H,1,4,7-8,11-12,17-18H2;3-7,15,17-19H,1,8-14H2,2H3;3,10-13,15,17H,1,4-9H2,2H3;3,8-11,13,15H,1,4-7H2,2H3;3,8-12,14H,1,4-7H2,2H3;2,6-9,13H,1,3-5,10H2. The SMILES string of the molecule is C=Cc1ccc(OC(C)OC2CCCC2)cc1.C=Cc1ccc(OC(C)OCC23CC4CC(CC(C4)C2)C3)cc1.C=Cc1ccc(OC(OC)C2CCCC2)cc1.C=Cc1ccc(OC(OCC)C2CCCCC2)cc1.C=Cc1ccc(OC(OCCc2ccccc2)C2CCCCC2)cc1.C=Cc1ccc(OC2CCCCO2)cc1. The van der Waals surface area contributed by atoms with Crippen molar-refractivity contribution in [3.8, 4) is 34.5 Å². The highest BCUT2D eigenvalue weighted by atomic mass is 16.7. The van der Waals surface area contributed by atoms with Crippen molar-refractivity contribution in [1.29, 1.82) is 0 Å². The van der Waals surface area contributed by atoms with Gasteiger partial charge in [0.15, 0.2) is 18.9 Å². The van der Waals surface area contributed by atoms with Gasteiger partial charge in [-0.05, 0) is 265 Å². The quantitative estimate of drug-likeness (QED) is 0.0365. The number of rotatable bonds is 33. The molecule has 9 aliphatic rings. The molecule has 1 aliphatic heterocycles. The van der Waals surface area contributed by atoms with Gasteiger partial charge in [-0.1, -0.05) is 243 Å². The van der Waals surface area contributed by atoms with Crippen LogP contribution in [0.4, 0.5) is 0 Å². The fraction of sp³-hybridized carbons (Fsp3) is 0.481. The van der Waals surface area contributed by atoms with Gasteiger partial charge in [-0.3, -0.25) is 0 Å². The molecule has 8 saturated carbocycles. The molecular formula is C104H136O12. The molecule has 9 fully saturated rings. The molecule has 0 N–H and O–H groups in total. The number of ether oxygens (including phenoxy) is 12. The van der Waals surface area contributed by atoms with Crippen LogP contribution in [0.3, 0.4) is 0 Å². The minimum Gasteiger partial charge on any atom is -0.465 e. The first-order valence-corrected chi connectivity index (χ1v) is 43.9. The molecule has 0 amide bonds. The van der Waals surface area contributed by atoms with Crippen LogP contribution in [0.1, 0.15) is 233 Å². The molecule has 6 unspecified atom stereocenters. The van der Waals surface area contributed by atoms with E-state index in [1.54, 1.807) is 7.11 Å². The van der Waals surface area contributed by atoms with Crippen LogP contribution >= 0.6 is 0 Å². The zero-order chi connectivity index (χ0) is 81.4. The molecule has 4 bridgehead atoms. The summed E-state index contributed by atoms with van der Waals surface area (Å²) in [6.07, 6.45) is 46.1. The Bertz CT molecular complexity index is 3850. The van der Waals surface area contributed by atoms with E-state index in [-0.39, 0.29) is 37.7 Å². The molecular weight excluding hydrogens is 1440 g/mol. The molecule has 0 radical (unpaired) electrons. The maximum absolute atomic E-state index is 6.23. The molecule has 7 aromatic rings. The monoisotopic (exact) mass is 1580 g/mol. The van der Waals surface area contributed by atoms with Crippen molar-refractivity contribution >= 4 is 36.5 Å². The zero-order valence-electron chi connectivity index (χ0n) is 70.5. The predicted molar refractivity (Wildman–Crippen MR) is 477 cm³/mol. The lowest BCUT2D eigenvalue weighted by molar-refractivity contribution is -0.146. The van der Waals surface area contributed by atoms with Crippen molar-refractivity contribution in [2.45, 2.75) is 244 Å². The molecule has 12 nitrogen and oxygen atoms in total. The Kier molecular flexibility index (Phi) is 38.5. The van der Waals surface area contributed by atoms with Crippen molar-refractivity contribution in [3.05, 3.63) is 254 Å². The highest BCUT2D eigenvalue weighted by Gasteiger charge is 2.51. The van der Waals surface area contributed by atoms with Crippen LogP contribution in [-0.4, -0.2) is 77.4 Å². The highest BCUT2D eigenvalue weighted by Crippen LogP contribution is 2.60. The smallest absolute Gasteiger partial charge is 0.202 e. The molecule has 16 rings (SSSR count). The molecule has 12 heteroatoms. The Labute approximate surface area is 697 Å². The number of methoxy groups -OCH3 is 1. The van der Waals surface area contributed by atoms with Gasteiger partial charge in [-0.15, -0.1) is 0 Å². The van der Waals surface area contributed by atoms with Crippen LogP contribution in [0.25, 0.3) is 36.5 Å². The zero-order valence-corrected chi connectivity index (χ0v) is 70.5. The predicted octanol–water partition coefficient (Wildman–Crippen LogP) is 26.9. The minimum absolute atomic E-state index is 0.0617. The van der Waals surface area contributed by atoms with Gasteiger partial charge in [0.05, 0.1) is 25.9 Å². The van der Waals surface area contributed by atoms with Crippen molar-refractivity contribution in [2.24, 2.45) is 40.9 Å². The number of hydrogen-bond donors (Lipinski definition) is 0. The maximum atomic E-state index is 6.23. The van der Waals surface area contributed by atoms with E-state index < -0.39 is 0 Å². The second kappa shape index (κ2) is 49.7. The van der Waals surface area contributed by atoms with Gasteiger partial charge in [0.1, 0.15) is 34.5 Å². The fourth-order valence-electron chi connectivity index (χ4n) is 18.0. The second-order valence-electron chi connectivity index (χ2n) is 32.8. The van der Waals surface area contributed by atoms with Crippen LogP contribution in [0.15, 0.2) is 215 Å². The average molecular weight is 1580 g/mol. The summed E-state index contributed by atoms with van der Waals surface area (Å²) in [6.45, 7) is 31.6. The first kappa shape index (κ1) is 89.9. The topological polar surface area (TPSA) is 111 Å². The third kappa shape index (κ3) is 30.8. The van der Waals surface area contributed by atoms with E-state index in [4.69, 9.17) is 56.8 Å². The molecule has 0 spiro atoms. The van der Waals surface area contributed by atoms with E-state index in [1.165, 1.54) is 166 Å². The third-order valence-electron chi connectivity index (χ3n) is 23.9. The molecule has 6 atom stereocenters. The van der Waals surface area contributed by atoms with Gasteiger partial charge < -0.3 is 56.8 Å². The molecule has 116 heavy (non-hydrogen) atoms. The van der Waals surface area contributed by atoms with Crippen molar-refractivity contribution in [1.82, 2.24) is 0 Å². The lowest BCUT2D eigenvalue weighted by Crippen LogP contribution is -2.48. The van der Waals surface area contributed by atoms with Crippen molar-refractivity contribution in [3.63, 3.8) is 0 Å². The highest BCUT2D eigenvalue weighted by molar-refractivity contribution is 5.52. The Hall–Kier alpha value is -8.46. The Balaban J connectivity index is 0.000000148. The van der Waals surface area contributed by atoms with Crippen molar-refractivity contribution in [2.75, 3.05) is 33.5 Å². The lowest BCUT2D eigenvalue weighted by atomic mass is 9.50. The summed E-state index contributed by atoms with van der Waals surface area (Å²) in [5.41, 5.74) is 8.39. The van der Waals surface area contributed by atoms with E-state index in [2.05, 4.69) is 63.7 Å². The summed E-state index contributed by atoms with van der Waals surface area (Å²) in [7, 11) is 1.72. The summed E-state index contributed by atoms with van der Waals surface area (Å²) in [6, 6.07) is 58.3. The average Bonchev–Trinajstić information content (AvgIpc) is 0.774. The van der Waals surface area contributed by atoms with Gasteiger partial charge in [-0.2, -0.15) is 0 Å². The Morgan fingerprint density at radius 1 is 0.379 bits per heavy atom. The second-order valence-corrected chi connectivity index (χ2v) is 32.8. The van der Waals surface area contributed by atoms with Gasteiger partial charge in [0.2, 0.25) is 18.9 Å². The van der Waals surface area contributed by atoms with E-state index >= 15 is 0 Å². The maximum Gasteiger partial charge on any atom is 0.202 e. The molecule has 1 heterocycles. The molecule has 8 aliphatic carbocycles. The molecule has 624 valence electrons.